The largest absolute Gasteiger partial charge is 0.508 e. The summed E-state index contributed by atoms with van der Waals surface area (Å²) in [5.74, 6) is 0.510. The third kappa shape index (κ3) is 9.13. The van der Waals surface area contributed by atoms with Crippen molar-refractivity contribution in [2.24, 2.45) is 0 Å². The van der Waals surface area contributed by atoms with Crippen LogP contribution in [0.3, 0.4) is 0 Å². The first-order valence-corrected chi connectivity index (χ1v) is 21.0. The number of hydroxylamine groups is 1. The molecular weight excluding hydrogens is 681 g/mol. The minimum atomic E-state index is -1.33. The molecule has 3 aromatic heterocycles. The second-order valence-corrected chi connectivity index (χ2v) is 21.7. The Morgan fingerprint density at radius 1 is 1.02 bits per heavy atom. The van der Waals surface area contributed by atoms with Crippen LogP contribution >= 0.6 is 0 Å². The van der Waals surface area contributed by atoms with Crippen LogP contribution < -0.4 is 15.9 Å². The smallest absolute Gasteiger partial charge is 0.442 e. The lowest BCUT2D eigenvalue weighted by atomic mass is 10.1. The predicted octanol–water partition coefficient (Wildman–Crippen LogP) is 7.50. The zero-order valence-electron chi connectivity index (χ0n) is 31.9. The molecule has 2 N–H and O–H groups in total. The highest BCUT2D eigenvalue weighted by Gasteiger charge is 2.32. The zero-order valence-corrected chi connectivity index (χ0v) is 32.9. The molecule has 0 aliphatic carbocycles. The number of nitrogens with one attached hydrogen (secondary N) is 1. The number of anilines is 2. The standard InChI is InChI=1S/C37H50N8O6Si/c1-23-14-12-17-27-28(23)33(47)44(25-15-13-16-26(46)20-25)31(40-27)24(2)39-30-29-32(43(21-38-29)22-49-18-19-52(9,10)11)42-34(41-30)45(51-37(6,7)8)35(48)50-36(3,4)5/h12-17,20-21,24,46H,18-19,22H2,1-11H3,(H,39,41,42). The highest BCUT2D eigenvalue weighted by atomic mass is 28.3. The first kappa shape index (κ1) is 38.4. The van der Waals surface area contributed by atoms with Gasteiger partial charge in [0, 0.05) is 20.7 Å². The van der Waals surface area contributed by atoms with Crippen LogP contribution in [0.4, 0.5) is 16.6 Å². The van der Waals surface area contributed by atoms with Crippen LogP contribution in [0.1, 0.15) is 65.9 Å². The molecule has 0 saturated heterocycles. The van der Waals surface area contributed by atoms with Gasteiger partial charge in [0.15, 0.2) is 17.0 Å². The Morgan fingerprint density at radius 2 is 1.73 bits per heavy atom. The Labute approximate surface area is 304 Å². The third-order valence-corrected chi connectivity index (χ3v) is 9.45. The number of nitrogens with zero attached hydrogens (tertiary/aromatic N) is 7. The molecule has 15 heteroatoms. The zero-order chi connectivity index (χ0) is 38.2. The molecule has 3 heterocycles. The molecule has 0 aliphatic rings. The maximum Gasteiger partial charge on any atom is 0.442 e. The summed E-state index contributed by atoms with van der Waals surface area (Å²) in [5.41, 5.74) is 0.552. The number of ether oxygens (including phenoxy) is 2. The summed E-state index contributed by atoms with van der Waals surface area (Å²) in [4.78, 5) is 53.1. The van der Waals surface area contributed by atoms with Crippen molar-refractivity contribution in [3.8, 4) is 11.4 Å². The molecule has 0 fully saturated rings. The number of fused-ring (bicyclic) bond motifs is 2. The molecule has 0 radical (unpaired) electrons. The van der Waals surface area contributed by atoms with Crippen molar-refractivity contribution in [2.45, 2.75) is 105 Å². The number of carbonyl (C=O) groups is 1. The summed E-state index contributed by atoms with van der Waals surface area (Å²) in [6.45, 7) is 22.0. The van der Waals surface area contributed by atoms with Crippen molar-refractivity contribution in [2.75, 3.05) is 17.0 Å². The molecule has 278 valence electrons. The molecular formula is C37H50N8O6Si. The van der Waals surface area contributed by atoms with Crippen LogP contribution in [0.5, 0.6) is 5.75 Å². The van der Waals surface area contributed by atoms with Gasteiger partial charge in [-0.1, -0.05) is 37.8 Å². The third-order valence-electron chi connectivity index (χ3n) is 7.75. The Hall–Kier alpha value is -4.86. The van der Waals surface area contributed by atoms with E-state index in [1.54, 1.807) is 70.6 Å². The molecule has 14 nitrogen and oxygen atoms in total. The molecule has 0 aliphatic heterocycles. The lowest BCUT2D eigenvalue weighted by Gasteiger charge is -2.30. The predicted molar refractivity (Wildman–Crippen MR) is 205 cm³/mol. The van der Waals surface area contributed by atoms with Gasteiger partial charge in [0.1, 0.15) is 23.9 Å². The van der Waals surface area contributed by atoms with Crippen molar-refractivity contribution in [1.29, 1.82) is 0 Å². The lowest BCUT2D eigenvalue weighted by Crippen LogP contribution is -2.42. The van der Waals surface area contributed by atoms with Gasteiger partial charge in [0.25, 0.3) is 11.5 Å². The molecule has 1 atom stereocenters. The first-order valence-electron chi connectivity index (χ1n) is 17.3. The minimum absolute atomic E-state index is 0.00155. The number of aromatic hydroxyl groups is 1. The van der Waals surface area contributed by atoms with E-state index in [4.69, 9.17) is 29.3 Å². The summed E-state index contributed by atoms with van der Waals surface area (Å²) in [6.07, 6.45) is 0.804. The van der Waals surface area contributed by atoms with E-state index in [0.29, 0.717) is 40.2 Å². The quantitative estimate of drug-likeness (QED) is 0.0788. The number of imidazole rings is 1. The second kappa shape index (κ2) is 14.6. The molecule has 0 bridgehead atoms. The number of aryl methyl sites for hydroxylation is 1. The average molecular weight is 731 g/mol. The van der Waals surface area contributed by atoms with Gasteiger partial charge in [-0.05, 0) is 85.2 Å². The Morgan fingerprint density at radius 3 is 2.38 bits per heavy atom. The number of hydrogen-bond donors (Lipinski definition) is 2. The number of aromatic nitrogens is 6. The summed E-state index contributed by atoms with van der Waals surface area (Å²) in [7, 11) is -1.33. The number of benzene rings is 2. The SMILES string of the molecule is Cc1cccc2nc(C(C)Nc3nc(N(OC(C)(C)C)C(=O)OC(C)(C)C)nc4c3ncn4COCC[Si](C)(C)C)n(-c3cccc(O)c3)c(=O)c12. The van der Waals surface area contributed by atoms with Crippen molar-refractivity contribution in [1.82, 2.24) is 29.1 Å². The fraction of sp³-hybridized carbons (Fsp3) is 0.459. The number of amides is 1. The molecule has 1 amide bonds. The van der Waals surface area contributed by atoms with Gasteiger partial charge in [0.05, 0.1) is 34.6 Å². The molecule has 52 heavy (non-hydrogen) atoms. The summed E-state index contributed by atoms with van der Waals surface area (Å²) < 4.78 is 15.0. The topological polar surface area (TPSA) is 159 Å². The van der Waals surface area contributed by atoms with E-state index < -0.39 is 31.4 Å². The molecule has 2 aromatic carbocycles. The van der Waals surface area contributed by atoms with Crippen LogP contribution in [0, 0.1) is 6.92 Å². The van der Waals surface area contributed by atoms with Gasteiger partial charge in [0.2, 0.25) is 0 Å². The number of phenolic OH excluding ortho intramolecular Hbond substituents is 1. The van der Waals surface area contributed by atoms with Gasteiger partial charge in [-0.2, -0.15) is 9.97 Å². The molecule has 5 rings (SSSR count). The number of hydrogen-bond acceptors (Lipinski definition) is 11. The normalized spacial score (nSPS) is 13.1. The van der Waals surface area contributed by atoms with Crippen LogP contribution in [-0.2, 0) is 21.0 Å². The van der Waals surface area contributed by atoms with Gasteiger partial charge < -0.3 is 19.9 Å². The number of carbonyl (C=O) groups excluding carboxylic acids is 1. The Kier molecular flexibility index (Phi) is 10.8. The van der Waals surface area contributed by atoms with Crippen LogP contribution in [0.25, 0.3) is 27.8 Å². The molecule has 5 aromatic rings. The van der Waals surface area contributed by atoms with Gasteiger partial charge in [-0.25, -0.2) is 14.8 Å². The van der Waals surface area contributed by atoms with E-state index in [1.807, 2.05) is 26.0 Å². The number of phenols is 1. The maximum absolute atomic E-state index is 14.2. The fourth-order valence-electron chi connectivity index (χ4n) is 5.35. The molecule has 1 unspecified atom stereocenters. The van der Waals surface area contributed by atoms with Crippen LogP contribution in [0.15, 0.2) is 53.6 Å². The fourth-order valence-corrected chi connectivity index (χ4v) is 6.11. The van der Waals surface area contributed by atoms with Crippen LogP contribution in [-0.4, -0.2) is 66.2 Å². The van der Waals surface area contributed by atoms with Gasteiger partial charge in [-0.3, -0.25) is 18.8 Å². The van der Waals surface area contributed by atoms with E-state index in [1.165, 1.54) is 16.7 Å². The Bertz CT molecular complexity index is 2150. The monoisotopic (exact) mass is 730 g/mol. The van der Waals surface area contributed by atoms with Crippen molar-refractivity contribution >= 4 is 48.0 Å². The van der Waals surface area contributed by atoms with Crippen molar-refractivity contribution < 1.29 is 24.2 Å². The van der Waals surface area contributed by atoms with Gasteiger partial charge >= 0.3 is 6.09 Å². The lowest BCUT2D eigenvalue weighted by molar-refractivity contribution is -0.0372. The van der Waals surface area contributed by atoms with E-state index in [9.17, 15) is 14.7 Å². The second-order valence-electron chi connectivity index (χ2n) is 16.1. The molecule has 0 spiro atoms. The van der Waals surface area contributed by atoms with Crippen molar-refractivity contribution in [3.63, 3.8) is 0 Å². The average Bonchev–Trinajstić information content (AvgIpc) is 3.43. The summed E-state index contributed by atoms with van der Waals surface area (Å²) in [5, 5.41) is 15.2. The highest BCUT2D eigenvalue weighted by Crippen LogP contribution is 2.30. The highest BCUT2D eigenvalue weighted by molar-refractivity contribution is 6.76. The minimum Gasteiger partial charge on any atom is -0.508 e. The van der Waals surface area contributed by atoms with Gasteiger partial charge in [-0.15, -0.1) is 5.06 Å². The molecule has 0 saturated carbocycles. The van der Waals surface area contributed by atoms with E-state index in [2.05, 4.69) is 29.9 Å². The van der Waals surface area contributed by atoms with E-state index in [0.717, 1.165) is 16.7 Å². The maximum atomic E-state index is 14.2. The van der Waals surface area contributed by atoms with Crippen molar-refractivity contribution in [3.05, 3.63) is 70.5 Å². The van der Waals surface area contributed by atoms with E-state index in [-0.39, 0.29) is 29.8 Å². The number of rotatable bonds is 11. The Balaban J connectivity index is 1.66. The first-order chi connectivity index (χ1) is 24.2. The van der Waals surface area contributed by atoms with E-state index >= 15 is 0 Å². The van der Waals surface area contributed by atoms with Crippen LogP contribution in [0.2, 0.25) is 25.7 Å². The summed E-state index contributed by atoms with van der Waals surface area (Å²) in [6, 6.07) is 12.3. The summed E-state index contributed by atoms with van der Waals surface area (Å²) >= 11 is 0.